The van der Waals surface area contributed by atoms with E-state index < -0.39 is 5.91 Å². The quantitative estimate of drug-likeness (QED) is 0.475. The Morgan fingerprint density at radius 2 is 1.73 bits per heavy atom. The molecule has 0 saturated heterocycles. The van der Waals surface area contributed by atoms with Crippen LogP contribution in [0.15, 0.2) is 76.0 Å². The van der Waals surface area contributed by atoms with E-state index in [1.165, 1.54) is 11.8 Å². The first-order valence-corrected chi connectivity index (χ1v) is 10.0. The number of benzene rings is 3. The van der Waals surface area contributed by atoms with Crippen LogP contribution in [0.4, 0.5) is 5.69 Å². The predicted molar refractivity (Wildman–Crippen MR) is 121 cm³/mol. The third-order valence-corrected chi connectivity index (χ3v) is 5.36. The summed E-state index contributed by atoms with van der Waals surface area (Å²) in [7, 11) is 1.52. The molecule has 0 bridgehead atoms. The lowest BCUT2D eigenvalue weighted by Gasteiger charge is -2.14. The van der Waals surface area contributed by atoms with Crippen molar-refractivity contribution in [3.8, 4) is 11.4 Å². The Bertz CT molecular complexity index is 1330. The number of ether oxygens (including phenoxy) is 1. The van der Waals surface area contributed by atoms with Crippen molar-refractivity contribution >= 4 is 38.3 Å². The van der Waals surface area contributed by atoms with Crippen LogP contribution in [0.2, 0.25) is 0 Å². The normalized spacial score (nSPS) is 10.8. The molecule has 1 aromatic heterocycles. The number of hydrogen-bond donors (Lipinski definition) is 1. The highest BCUT2D eigenvalue weighted by Crippen LogP contribution is 2.25. The fourth-order valence-electron chi connectivity index (χ4n) is 3.23. The number of aromatic nitrogens is 2. The van der Waals surface area contributed by atoms with Crippen molar-refractivity contribution in [2.75, 3.05) is 12.4 Å². The number of anilines is 1. The first kappa shape index (κ1) is 19.8. The molecule has 3 aromatic carbocycles. The SMILES string of the molecule is COc1ccccc1-n1nc(C(=O)Nc2ccc(C)cc2Br)c2ccccc2c1=O. The van der Waals surface area contributed by atoms with E-state index in [-0.39, 0.29) is 11.3 Å². The standard InChI is InChI=1S/C23H18BrN3O3/c1-14-11-12-18(17(24)13-14)25-22(28)21-15-7-3-4-8-16(15)23(29)27(26-21)19-9-5-6-10-20(19)30-2/h3-13H,1-2H3,(H,25,28). The highest BCUT2D eigenvalue weighted by atomic mass is 79.9. The number of fused-ring (bicyclic) bond motifs is 1. The highest BCUT2D eigenvalue weighted by molar-refractivity contribution is 9.10. The van der Waals surface area contributed by atoms with Gasteiger partial charge in [0, 0.05) is 9.86 Å². The minimum absolute atomic E-state index is 0.142. The number of carbonyl (C=O) groups is 1. The number of halogens is 1. The number of nitrogens with zero attached hydrogens (tertiary/aromatic N) is 2. The van der Waals surface area contributed by atoms with Crippen molar-refractivity contribution in [2.24, 2.45) is 0 Å². The molecule has 1 heterocycles. The minimum Gasteiger partial charge on any atom is -0.494 e. The van der Waals surface area contributed by atoms with E-state index in [9.17, 15) is 9.59 Å². The van der Waals surface area contributed by atoms with Gasteiger partial charge in [-0.25, -0.2) is 0 Å². The third kappa shape index (κ3) is 3.59. The Morgan fingerprint density at radius 3 is 2.47 bits per heavy atom. The molecule has 150 valence electrons. The number of rotatable bonds is 4. The molecule has 0 saturated carbocycles. The molecule has 4 rings (SSSR count). The summed E-state index contributed by atoms with van der Waals surface area (Å²) in [5.41, 5.74) is 1.95. The van der Waals surface area contributed by atoms with Crippen LogP contribution in [0, 0.1) is 6.92 Å². The van der Waals surface area contributed by atoms with Crippen molar-refractivity contribution in [3.05, 3.63) is 92.8 Å². The Hall–Kier alpha value is -3.45. The van der Waals surface area contributed by atoms with Gasteiger partial charge < -0.3 is 10.1 Å². The summed E-state index contributed by atoms with van der Waals surface area (Å²) in [4.78, 5) is 26.3. The van der Waals surface area contributed by atoms with Crippen LogP contribution < -0.4 is 15.6 Å². The second-order valence-corrected chi connectivity index (χ2v) is 7.57. The number of amides is 1. The van der Waals surface area contributed by atoms with Crippen molar-refractivity contribution in [3.63, 3.8) is 0 Å². The Balaban J connectivity index is 1.90. The molecular formula is C23H18BrN3O3. The van der Waals surface area contributed by atoms with Crippen molar-refractivity contribution in [1.82, 2.24) is 9.78 Å². The summed E-state index contributed by atoms with van der Waals surface area (Å²) in [6.07, 6.45) is 0. The lowest BCUT2D eigenvalue weighted by Crippen LogP contribution is -2.27. The van der Waals surface area contributed by atoms with Gasteiger partial charge in [-0.1, -0.05) is 36.4 Å². The molecule has 0 spiro atoms. The first-order chi connectivity index (χ1) is 14.5. The summed E-state index contributed by atoms with van der Waals surface area (Å²) in [5, 5.41) is 8.17. The van der Waals surface area contributed by atoms with Crippen LogP contribution in [-0.4, -0.2) is 22.8 Å². The molecule has 1 N–H and O–H groups in total. The molecule has 7 heteroatoms. The largest absolute Gasteiger partial charge is 0.494 e. The molecule has 4 aromatic rings. The zero-order valence-electron chi connectivity index (χ0n) is 16.3. The van der Waals surface area contributed by atoms with Gasteiger partial charge in [0.2, 0.25) is 0 Å². The lowest BCUT2D eigenvalue weighted by molar-refractivity contribution is 0.102. The van der Waals surface area contributed by atoms with Gasteiger partial charge in [-0.3, -0.25) is 9.59 Å². The van der Waals surface area contributed by atoms with Gasteiger partial charge >= 0.3 is 0 Å². The van der Waals surface area contributed by atoms with E-state index in [1.54, 1.807) is 48.5 Å². The van der Waals surface area contributed by atoms with Gasteiger partial charge in [-0.15, -0.1) is 0 Å². The van der Waals surface area contributed by atoms with Gasteiger partial charge in [0.1, 0.15) is 11.4 Å². The molecule has 0 radical (unpaired) electrons. The smallest absolute Gasteiger partial charge is 0.279 e. The van der Waals surface area contributed by atoms with Gasteiger partial charge in [0.15, 0.2) is 5.69 Å². The van der Waals surface area contributed by atoms with E-state index in [1.807, 2.05) is 25.1 Å². The highest BCUT2D eigenvalue weighted by Gasteiger charge is 2.19. The fourth-order valence-corrected chi connectivity index (χ4v) is 3.82. The third-order valence-electron chi connectivity index (χ3n) is 4.71. The number of carbonyl (C=O) groups excluding carboxylic acids is 1. The Labute approximate surface area is 181 Å². The van der Waals surface area contributed by atoms with Crippen LogP contribution in [0.3, 0.4) is 0 Å². The van der Waals surface area contributed by atoms with Gasteiger partial charge in [0.25, 0.3) is 11.5 Å². The molecule has 30 heavy (non-hydrogen) atoms. The minimum atomic E-state index is -0.417. The second-order valence-electron chi connectivity index (χ2n) is 6.72. The molecule has 1 amide bonds. The maximum absolute atomic E-state index is 13.2. The zero-order chi connectivity index (χ0) is 21.3. The first-order valence-electron chi connectivity index (χ1n) is 9.22. The maximum atomic E-state index is 13.2. The molecule has 0 aliphatic heterocycles. The van der Waals surface area contributed by atoms with Crippen LogP contribution in [0.5, 0.6) is 5.75 Å². The average Bonchev–Trinajstić information content (AvgIpc) is 2.76. The van der Waals surface area contributed by atoms with E-state index in [0.717, 1.165) is 10.0 Å². The van der Waals surface area contributed by atoms with Crippen LogP contribution in [0.25, 0.3) is 16.5 Å². The topological polar surface area (TPSA) is 73.2 Å². The maximum Gasteiger partial charge on any atom is 0.279 e. The second kappa shape index (κ2) is 8.12. The average molecular weight is 464 g/mol. The number of methoxy groups -OCH3 is 1. The molecule has 0 fully saturated rings. The summed E-state index contributed by atoms with van der Waals surface area (Å²) < 4.78 is 7.35. The van der Waals surface area contributed by atoms with E-state index in [0.29, 0.717) is 27.9 Å². The van der Waals surface area contributed by atoms with Crippen molar-refractivity contribution in [2.45, 2.75) is 6.92 Å². The number of para-hydroxylation sites is 2. The predicted octanol–water partition coefficient (Wildman–Crippen LogP) is 4.72. The fraction of sp³-hybridized carbons (Fsp3) is 0.0870. The summed E-state index contributed by atoms with van der Waals surface area (Å²) in [5.74, 6) is 0.0643. The summed E-state index contributed by atoms with van der Waals surface area (Å²) in [6, 6.07) is 19.6. The Morgan fingerprint density at radius 1 is 1.03 bits per heavy atom. The van der Waals surface area contributed by atoms with Crippen LogP contribution in [-0.2, 0) is 0 Å². The summed E-state index contributed by atoms with van der Waals surface area (Å²) >= 11 is 3.47. The number of hydrogen-bond acceptors (Lipinski definition) is 4. The zero-order valence-corrected chi connectivity index (χ0v) is 17.9. The summed E-state index contributed by atoms with van der Waals surface area (Å²) in [6.45, 7) is 1.97. The molecule has 0 aliphatic rings. The number of nitrogens with one attached hydrogen (secondary N) is 1. The molecule has 0 aliphatic carbocycles. The van der Waals surface area contributed by atoms with E-state index in [2.05, 4.69) is 26.3 Å². The van der Waals surface area contributed by atoms with Crippen LogP contribution in [0.1, 0.15) is 16.1 Å². The van der Waals surface area contributed by atoms with E-state index >= 15 is 0 Å². The van der Waals surface area contributed by atoms with Gasteiger partial charge in [-0.2, -0.15) is 9.78 Å². The lowest BCUT2D eigenvalue weighted by atomic mass is 10.1. The molecular weight excluding hydrogens is 446 g/mol. The molecule has 0 unspecified atom stereocenters. The monoisotopic (exact) mass is 463 g/mol. The van der Waals surface area contributed by atoms with Gasteiger partial charge in [-0.05, 0) is 58.7 Å². The molecule has 6 nitrogen and oxygen atoms in total. The van der Waals surface area contributed by atoms with Gasteiger partial charge in [0.05, 0.1) is 18.2 Å². The van der Waals surface area contributed by atoms with Crippen molar-refractivity contribution < 1.29 is 9.53 Å². The van der Waals surface area contributed by atoms with E-state index in [4.69, 9.17) is 4.74 Å². The number of aryl methyl sites for hydroxylation is 1. The Kier molecular flexibility index (Phi) is 5.37. The molecule has 0 atom stereocenters. The van der Waals surface area contributed by atoms with Crippen molar-refractivity contribution in [1.29, 1.82) is 0 Å². The van der Waals surface area contributed by atoms with Crippen LogP contribution >= 0.6 is 15.9 Å².